The molecule has 6 nitrogen and oxygen atoms in total. The van der Waals surface area contributed by atoms with Gasteiger partial charge >= 0.3 is 0 Å². The largest absolute Gasteiger partial charge is 0.326 e. The lowest BCUT2D eigenvalue weighted by Gasteiger charge is -2.17. The summed E-state index contributed by atoms with van der Waals surface area (Å²) in [6, 6.07) is 13.4. The first-order valence-corrected chi connectivity index (χ1v) is 10.9. The van der Waals surface area contributed by atoms with E-state index in [2.05, 4.69) is 21.2 Å². The topological polar surface area (TPSA) is 83.5 Å². The van der Waals surface area contributed by atoms with Crippen LogP contribution in [0.15, 0.2) is 57.9 Å². The van der Waals surface area contributed by atoms with Crippen molar-refractivity contribution in [2.75, 3.05) is 22.5 Å². The third-order valence-electron chi connectivity index (χ3n) is 4.48. The first kappa shape index (κ1) is 19.6. The Kier molecular flexibility index (Phi) is 5.67. The summed E-state index contributed by atoms with van der Waals surface area (Å²) in [4.78, 5) is 26.7. The standard InChI is InChI=1S/C19H19BrN2O4S/c1-2-27(25,26)17-8-6-15(7-9-17)21-19(24)13-10-18(23)22(12-13)16-5-3-4-14(20)11-16/h3-9,11,13H,2,10,12H2,1H3,(H,21,24). The molecule has 2 amide bonds. The van der Waals surface area contributed by atoms with Crippen LogP contribution in [-0.4, -0.2) is 32.5 Å². The second-order valence-corrected chi connectivity index (χ2v) is 9.50. The molecule has 1 fully saturated rings. The van der Waals surface area contributed by atoms with Crippen LogP contribution in [0.4, 0.5) is 11.4 Å². The normalized spacial score (nSPS) is 17.2. The molecule has 3 rings (SSSR count). The maximum absolute atomic E-state index is 12.5. The Labute approximate surface area is 166 Å². The van der Waals surface area contributed by atoms with Gasteiger partial charge in [0.05, 0.1) is 16.6 Å². The fourth-order valence-electron chi connectivity index (χ4n) is 2.93. The highest BCUT2D eigenvalue weighted by Crippen LogP contribution is 2.28. The summed E-state index contributed by atoms with van der Waals surface area (Å²) in [5, 5.41) is 2.76. The molecule has 0 aliphatic carbocycles. The first-order valence-electron chi connectivity index (χ1n) is 8.50. The molecule has 2 aromatic carbocycles. The van der Waals surface area contributed by atoms with Crippen LogP contribution < -0.4 is 10.2 Å². The number of amides is 2. The van der Waals surface area contributed by atoms with Gasteiger partial charge in [-0.25, -0.2) is 8.42 Å². The molecule has 0 bridgehead atoms. The Bertz CT molecular complexity index is 973. The van der Waals surface area contributed by atoms with Crippen LogP contribution in [0, 0.1) is 5.92 Å². The van der Waals surface area contributed by atoms with E-state index in [1.165, 1.54) is 12.1 Å². The summed E-state index contributed by atoms with van der Waals surface area (Å²) < 4.78 is 24.5. The SMILES string of the molecule is CCS(=O)(=O)c1ccc(NC(=O)C2CC(=O)N(c3cccc(Br)c3)C2)cc1. The third-order valence-corrected chi connectivity index (χ3v) is 6.72. The lowest BCUT2D eigenvalue weighted by molar-refractivity contribution is -0.122. The average Bonchev–Trinajstić information content (AvgIpc) is 3.04. The van der Waals surface area contributed by atoms with Gasteiger partial charge in [-0.05, 0) is 42.5 Å². The van der Waals surface area contributed by atoms with Crippen LogP contribution in [0.2, 0.25) is 0 Å². The van der Waals surface area contributed by atoms with Crippen molar-refractivity contribution in [1.29, 1.82) is 0 Å². The van der Waals surface area contributed by atoms with Crippen molar-refractivity contribution in [1.82, 2.24) is 0 Å². The van der Waals surface area contributed by atoms with E-state index in [0.29, 0.717) is 12.2 Å². The summed E-state index contributed by atoms with van der Waals surface area (Å²) in [7, 11) is -3.28. The van der Waals surface area contributed by atoms with Crippen LogP contribution in [-0.2, 0) is 19.4 Å². The fraction of sp³-hybridized carbons (Fsp3) is 0.263. The summed E-state index contributed by atoms with van der Waals surface area (Å²) in [6.45, 7) is 1.89. The second kappa shape index (κ2) is 7.82. The van der Waals surface area contributed by atoms with E-state index >= 15 is 0 Å². The number of halogens is 1. The van der Waals surface area contributed by atoms with E-state index in [1.807, 2.05) is 24.3 Å². The molecule has 1 atom stereocenters. The highest BCUT2D eigenvalue weighted by Gasteiger charge is 2.35. The highest BCUT2D eigenvalue weighted by atomic mass is 79.9. The number of carbonyl (C=O) groups is 2. The Morgan fingerprint density at radius 1 is 1.22 bits per heavy atom. The van der Waals surface area contributed by atoms with Gasteiger partial charge in [-0.1, -0.05) is 28.9 Å². The number of benzene rings is 2. The monoisotopic (exact) mass is 450 g/mol. The number of sulfone groups is 1. The Morgan fingerprint density at radius 2 is 1.93 bits per heavy atom. The quantitative estimate of drug-likeness (QED) is 0.757. The van der Waals surface area contributed by atoms with Crippen molar-refractivity contribution < 1.29 is 18.0 Å². The zero-order valence-electron chi connectivity index (χ0n) is 14.7. The fourth-order valence-corrected chi connectivity index (χ4v) is 4.20. The van der Waals surface area contributed by atoms with Gasteiger partial charge in [0.25, 0.3) is 0 Å². The minimum absolute atomic E-state index is 0.0221. The number of carbonyl (C=O) groups excluding carboxylic acids is 2. The molecule has 1 saturated heterocycles. The summed E-state index contributed by atoms with van der Waals surface area (Å²) in [5.41, 5.74) is 1.25. The van der Waals surface area contributed by atoms with E-state index in [1.54, 1.807) is 24.0 Å². The zero-order chi connectivity index (χ0) is 19.6. The molecular formula is C19H19BrN2O4S. The molecule has 27 heavy (non-hydrogen) atoms. The van der Waals surface area contributed by atoms with Crippen LogP contribution in [0.25, 0.3) is 0 Å². The molecule has 0 spiro atoms. The van der Waals surface area contributed by atoms with Crippen LogP contribution >= 0.6 is 15.9 Å². The van der Waals surface area contributed by atoms with Gasteiger partial charge in [-0.2, -0.15) is 0 Å². The summed E-state index contributed by atoms with van der Waals surface area (Å²) >= 11 is 3.38. The molecule has 0 saturated carbocycles. The van der Waals surface area contributed by atoms with Gasteiger partial charge in [0, 0.05) is 28.8 Å². The van der Waals surface area contributed by atoms with Gasteiger partial charge in [0.2, 0.25) is 11.8 Å². The Morgan fingerprint density at radius 3 is 2.56 bits per heavy atom. The average molecular weight is 451 g/mol. The van der Waals surface area contributed by atoms with Crippen molar-refractivity contribution in [3.8, 4) is 0 Å². The molecule has 1 unspecified atom stereocenters. The minimum atomic E-state index is -3.28. The van der Waals surface area contributed by atoms with Crippen molar-refractivity contribution in [3.05, 3.63) is 53.0 Å². The first-order chi connectivity index (χ1) is 12.8. The molecule has 1 aliphatic heterocycles. The number of rotatable bonds is 5. The second-order valence-electron chi connectivity index (χ2n) is 6.30. The lowest BCUT2D eigenvalue weighted by Crippen LogP contribution is -2.28. The van der Waals surface area contributed by atoms with Crippen molar-refractivity contribution in [3.63, 3.8) is 0 Å². The van der Waals surface area contributed by atoms with E-state index in [4.69, 9.17) is 0 Å². The lowest BCUT2D eigenvalue weighted by atomic mass is 10.1. The maximum Gasteiger partial charge on any atom is 0.229 e. The molecule has 0 aromatic heterocycles. The molecule has 1 heterocycles. The maximum atomic E-state index is 12.5. The smallest absolute Gasteiger partial charge is 0.229 e. The number of hydrogen-bond donors (Lipinski definition) is 1. The van der Waals surface area contributed by atoms with Crippen LogP contribution in [0.5, 0.6) is 0 Å². The summed E-state index contributed by atoms with van der Waals surface area (Å²) in [6.07, 6.45) is 0.140. The third kappa shape index (κ3) is 4.39. The highest BCUT2D eigenvalue weighted by molar-refractivity contribution is 9.10. The van der Waals surface area contributed by atoms with Gasteiger partial charge in [0.1, 0.15) is 0 Å². The van der Waals surface area contributed by atoms with Crippen molar-refractivity contribution in [2.45, 2.75) is 18.2 Å². The summed E-state index contributed by atoms with van der Waals surface area (Å²) in [5.74, 6) is -0.797. The van der Waals surface area contributed by atoms with E-state index < -0.39 is 15.8 Å². The van der Waals surface area contributed by atoms with Gasteiger partial charge in [-0.15, -0.1) is 0 Å². The number of nitrogens with zero attached hydrogens (tertiary/aromatic N) is 1. The molecule has 2 aromatic rings. The molecule has 0 radical (unpaired) electrons. The molecular weight excluding hydrogens is 432 g/mol. The molecule has 1 aliphatic rings. The van der Waals surface area contributed by atoms with Gasteiger partial charge in [0.15, 0.2) is 9.84 Å². The minimum Gasteiger partial charge on any atom is -0.326 e. The van der Waals surface area contributed by atoms with E-state index in [0.717, 1.165) is 10.2 Å². The van der Waals surface area contributed by atoms with Crippen molar-refractivity contribution >= 4 is 49.0 Å². The predicted molar refractivity (Wildman–Crippen MR) is 107 cm³/mol. The van der Waals surface area contributed by atoms with Crippen LogP contribution in [0.1, 0.15) is 13.3 Å². The number of anilines is 2. The number of hydrogen-bond acceptors (Lipinski definition) is 4. The molecule has 142 valence electrons. The van der Waals surface area contributed by atoms with E-state index in [9.17, 15) is 18.0 Å². The van der Waals surface area contributed by atoms with Crippen molar-refractivity contribution in [2.24, 2.45) is 5.92 Å². The number of nitrogens with one attached hydrogen (secondary N) is 1. The van der Waals surface area contributed by atoms with Crippen LogP contribution in [0.3, 0.4) is 0 Å². The van der Waals surface area contributed by atoms with Gasteiger partial charge in [-0.3, -0.25) is 9.59 Å². The zero-order valence-corrected chi connectivity index (χ0v) is 17.1. The predicted octanol–water partition coefficient (Wildman–Crippen LogP) is 3.23. The molecule has 8 heteroatoms. The van der Waals surface area contributed by atoms with Gasteiger partial charge < -0.3 is 10.2 Å². The Hall–Kier alpha value is -2.19. The van der Waals surface area contributed by atoms with E-state index in [-0.39, 0.29) is 28.9 Å². The Balaban J connectivity index is 1.68. The molecule has 1 N–H and O–H groups in total.